The van der Waals surface area contributed by atoms with Crippen LogP contribution in [0, 0.1) is 17.8 Å². The summed E-state index contributed by atoms with van der Waals surface area (Å²) in [6, 6.07) is 0. The molecule has 1 aliphatic carbocycles. The molecule has 0 saturated heterocycles. The van der Waals surface area contributed by atoms with Crippen molar-refractivity contribution in [3.63, 3.8) is 0 Å². The summed E-state index contributed by atoms with van der Waals surface area (Å²) in [4.78, 5) is 0. The van der Waals surface area contributed by atoms with E-state index in [1.54, 1.807) is 6.08 Å². The molecule has 0 nitrogen and oxygen atoms in total. The Bertz CT molecular complexity index is 555. The van der Waals surface area contributed by atoms with Gasteiger partial charge in [0.25, 0.3) is 0 Å². The van der Waals surface area contributed by atoms with Gasteiger partial charge in [0, 0.05) is 0 Å². The second kappa shape index (κ2) is 9.50. The van der Waals surface area contributed by atoms with E-state index in [1.807, 2.05) is 45.1 Å². The van der Waals surface area contributed by atoms with Gasteiger partial charge in [0.2, 0.25) is 0 Å². The molecule has 0 aliphatic heterocycles. The largest absolute Gasteiger partial charge is 0.207 e. The van der Waals surface area contributed by atoms with Gasteiger partial charge in [-0.3, -0.25) is 0 Å². The van der Waals surface area contributed by atoms with E-state index in [2.05, 4.69) is 32.6 Å². The molecule has 0 spiro atoms. The van der Waals surface area contributed by atoms with Gasteiger partial charge in [-0.25, -0.2) is 4.39 Å². The lowest BCUT2D eigenvalue weighted by Gasteiger charge is -2.34. The molecule has 0 aromatic carbocycles. The number of hydrogen-bond donors (Lipinski definition) is 0. The van der Waals surface area contributed by atoms with Gasteiger partial charge >= 0.3 is 0 Å². The van der Waals surface area contributed by atoms with E-state index < -0.39 is 0 Å². The summed E-state index contributed by atoms with van der Waals surface area (Å²) >= 11 is 0. The number of rotatable bonds is 7. The summed E-state index contributed by atoms with van der Waals surface area (Å²) in [7, 11) is 0. The van der Waals surface area contributed by atoms with Crippen LogP contribution in [0.15, 0.2) is 71.7 Å². The van der Waals surface area contributed by atoms with Crippen LogP contribution in [-0.4, -0.2) is 0 Å². The molecule has 0 aromatic rings. The lowest BCUT2D eigenvalue weighted by atomic mass is 9.70. The topological polar surface area (TPSA) is 0 Å². The van der Waals surface area contributed by atoms with Crippen molar-refractivity contribution in [2.75, 3.05) is 0 Å². The van der Waals surface area contributed by atoms with Crippen LogP contribution in [0.1, 0.15) is 47.5 Å². The molecule has 126 valence electrons. The zero-order chi connectivity index (χ0) is 17.4. The van der Waals surface area contributed by atoms with Crippen LogP contribution in [0.4, 0.5) is 4.39 Å². The maximum atomic E-state index is 14.7. The van der Waals surface area contributed by atoms with E-state index in [9.17, 15) is 4.39 Å². The van der Waals surface area contributed by atoms with Gasteiger partial charge in [-0.05, 0) is 62.2 Å². The molecule has 1 aliphatic rings. The van der Waals surface area contributed by atoms with Crippen LogP contribution in [0.5, 0.6) is 0 Å². The maximum Gasteiger partial charge on any atom is 0.127 e. The molecule has 0 aromatic heterocycles. The lowest BCUT2D eigenvalue weighted by molar-refractivity contribution is 0.314. The fourth-order valence-electron chi connectivity index (χ4n) is 3.29. The van der Waals surface area contributed by atoms with E-state index >= 15 is 0 Å². The van der Waals surface area contributed by atoms with E-state index in [0.717, 1.165) is 29.6 Å². The molecule has 3 unspecified atom stereocenters. The smallest absolute Gasteiger partial charge is 0.127 e. The average molecular weight is 314 g/mol. The monoisotopic (exact) mass is 314 g/mol. The van der Waals surface area contributed by atoms with Crippen molar-refractivity contribution >= 4 is 0 Å². The molecule has 1 rings (SSSR count). The minimum Gasteiger partial charge on any atom is -0.207 e. The van der Waals surface area contributed by atoms with Gasteiger partial charge in [0.1, 0.15) is 5.83 Å². The van der Waals surface area contributed by atoms with Gasteiger partial charge < -0.3 is 0 Å². The summed E-state index contributed by atoms with van der Waals surface area (Å²) in [6.45, 7) is 14.6. The molecule has 0 radical (unpaired) electrons. The average Bonchev–Trinajstić information content (AvgIpc) is 2.51. The Morgan fingerprint density at radius 2 is 2.04 bits per heavy atom. The molecular weight excluding hydrogens is 283 g/mol. The molecular formula is C22H31F. The van der Waals surface area contributed by atoms with Crippen LogP contribution in [-0.2, 0) is 0 Å². The zero-order valence-corrected chi connectivity index (χ0v) is 15.3. The third-order valence-corrected chi connectivity index (χ3v) is 4.67. The molecule has 0 amide bonds. The standard InChI is InChI=1S/C22H31F/c1-7-10-11-13-18(6)22-20(14-16(4)15-21(22)23)19(12-8-2)17(5)9-3/h7-8,10-13,15,17,19-20H,6,9,14H2,1-5H3/b10-7-,12-8?,13-11-. The van der Waals surface area contributed by atoms with E-state index in [4.69, 9.17) is 0 Å². The van der Waals surface area contributed by atoms with Gasteiger partial charge in [-0.15, -0.1) is 0 Å². The van der Waals surface area contributed by atoms with Crippen LogP contribution < -0.4 is 0 Å². The van der Waals surface area contributed by atoms with Crippen molar-refractivity contribution in [2.45, 2.75) is 47.5 Å². The Kier molecular flexibility index (Phi) is 8.02. The second-order valence-electron chi connectivity index (χ2n) is 6.46. The lowest BCUT2D eigenvalue weighted by Crippen LogP contribution is -2.25. The summed E-state index contributed by atoms with van der Waals surface area (Å²) in [5.41, 5.74) is 2.67. The van der Waals surface area contributed by atoms with E-state index in [-0.39, 0.29) is 11.7 Å². The predicted molar refractivity (Wildman–Crippen MR) is 101 cm³/mol. The summed E-state index contributed by atoms with van der Waals surface area (Å²) in [5.74, 6) is 0.888. The third kappa shape index (κ3) is 5.20. The van der Waals surface area contributed by atoms with Crippen molar-refractivity contribution in [3.8, 4) is 0 Å². The first-order valence-corrected chi connectivity index (χ1v) is 8.64. The quantitative estimate of drug-likeness (QED) is 0.347. The molecule has 0 saturated carbocycles. The molecule has 0 heterocycles. The van der Waals surface area contributed by atoms with Crippen molar-refractivity contribution < 1.29 is 4.39 Å². The highest BCUT2D eigenvalue weighted by Crippen LogP contribution is 2.42. The highest BCUT2D eigenvalue weighted by Gasteiger charge is 2.32. The third-order valence-electron chi connectivity index (χ3n) is 4.67. The zero-order valence-electron chi connectivity index (χ0n) is 15.3. The van der Waals surface area contributed by atoms with Crippen LogP contribution >= 0.6 is 0 Å². The highest BCUT2D eigenvalue weighted by molar-refractivity contribution is 5.48. The molecule has 3 atom stereocenters. The normalized spacial score (nSPS) is 22.2. The highest BCUT2D eigenvalue weighted by atomic mass is 19.1. The molecule has 23 heavy (non-hydrogen) atoms. The van der Waals surface area contributed by atoms with Gasteiger partial charge in [0.05, 0.1) is 0 Å². The first kappa shape index (κ1) is 19.4. The fourth-order valence-corrected chi connectivity index (χ4v) is 3.29. The van der Waals surface area contributed by atoms with Crippen molar-refractivity contribution in [3.05, 3.63) is 71.7 Å². The van der Waals surface area contributed by atoms with Crippen LogP contribution in [0.3, 0.4) is 0 Å². The van der Waals surface area contributed by atoms with Crippen LogP contribution in [0.25, 0.3) is 0 Å². The molecule has 1 heteroatoms. The van der Waals surface area contributed by atoms with E-state index in [0.29, 0.717) is 11.8 Å². The SMILES string of the molecule is C=C(/C=C\C=C/C)C1=C(F)C=C(C)CC1C(C=CC)C(C)CC. The Hall–Kier alpha value is -1.63. The number of halogens is 1. The van der Waals surface area contributed by atoms with Crippen molar-refractivity contribution in [2.24, 2.45) is 17.8 Å². The van der Waals surface area contributed by atoms with Gasteiger partial charge in [-0.1, -0.05) is 68.9 Å². The van der Waals surface area contributed by atoms with E-state index in [1.165, 1.54) is 0 Å². The van der Waals surface area contributed by atoms with Crippen molar-refractivity contribution in [1.82, 2.24) is 0 Å². The number of hydrogen-bond acceptors (Lipinski definition) is 0. The Morgan fingerprint density at radius 3 is 2.61 bits per heavy atom. The van der Waals surface area contributed by atoms with Gasteiger partial charge in [-0.2, -0.15) is 0 Å². The molecule has 0 fully saturated rings. The Labute approximate surface area is 141 Å². The first-order chi connectivity index (χ1) is 11.0. The Morgan fingerprint density at radius 1 is 1.35 bits per heavy atom. The first-order valence-electron chi connectivity index (χ1n) is 8.64. The fraction of sp³-hybridized carbons (Fsp3) is 0.455. The Balaban J connectivity index is 3.27. The van der Waals surface area contributed by atoms with Crippen LogP contribution in [0.2, 0.25) is 0 Å². The molecule has 0 N–H and O–H groups in total. The number of allylic oxidation sites excluding steroid dienone is 11. The summed E-state index contributed by atoms with van der Waals surface area (Å²) in [5, 5.41) is 0. The van der Waals surface area contributed by atoms with Gasteiger partial charge in [0.15, 0.2) is 0 Å². The minimum atomic E-state index is -0.119. The molecule has 0 bridgehead atoms. The second-order valence-corrected chi connectivity index (χ2v) is 6.46. The van der Waals surface area contributed by atoms with Crippen molar-refractivity contribution in [1.29, 1.82) is 0 Å². The summed E-state index contributed by atoms with van der Waals surface area (Å²) in [6.07, 6.45) is 15.7. The maximum absolute atomic E-state index is 14.7. The predicted octanol–water partition coefficient (Wildman–Crippen LogP) is 7.10. The minimum absolute atomic E-state index is 0.119. The summed E-state index contributed by atoms with van der Waals surface area (Å²) < 4.78 is 14.7.